The fraction of sp³-hybridized carbons (Fsp3) is 0.400. The van der Waals surface area contributed by atoms with Gasteiger partial charge in [-0.05, 0) is 25.5 Å². The minimum atomic E-state index is -0.628. The van der Waals surface area contributed by atoms with E-state index in [9.17, 15) is 4.79 Å². The van der Waals surface area contributed by atoms with Crippen LogP contribution in [0.1, 0.15) is 13.3 Å². The van der Waals surface area contributed by atoms with E-state index in [1.165, 1.54) is 0 Å². The smallest absolute Gasteiger partial charge is 0.261 e. The van der Waals surface area contributed by atoms with Gasteiger partial charge in [0.2, 0.25) is 0 Å². The molecule has 1 aromatic carbocycles. The Morgan fingerprint density at radius 3 is 2.90 bits per heavy atom. The highest BCUT2D eigenvalue weighted by Crippen LogP contribution is 2.24. The molecule has 0 spiro atoms. The average Bonchev–Trinajstić information content (AvgIpc) is 2.89. The summed E-state index contributed by atoms with van der Waals surface area (Å²) < 4.78 is 5.55. The first-order valence-corrected chi connectivity index (χ1v) is 6.98. The van der Waals surface area contributed by atoms with Crippen LogP contribution in [0.15, 0.2) is 36.4 Å². The minimum absolute atomic E-state index is 0.0445. The van der Waals surface area contributed by atoms with Gasteiger partial charge in [-0.3, -0.25) is 4.79 Å². The lowest BCUT2D eigenvalue weighted by molar-refractivity contribution is -0.127. The van der Waals surface area contributed by atoms with E-state index < -0.39 is 6.10 Å². The molecule has 2 rings (SSSR count). The van der Waals surface area contributed by atoms with Gasteiger partial charge in [0.1, 0.15) is 5.75 Å². The maximum absolute atomic E-state index is 12.0. The molecule has 0 radical (unpaired) electrons. The molecular weight excluding hydrogens is 278 g/mol. The number of benzene rings is 1. The molecule has 3 atom stereocenters. The van der Waals surface area contributed by atoms with Crippen molar-refractivity contribution in [2.45, 2.75) is 25.5 Å². The van der Waals surface area contributed by atoms with Crippen LogP contribution < -0.4 is 10.1 Å². The molecule has 1 aliphatic carbocycles. The van der Waals surface area contributed by atoms with Crippen molar-refractivity contribution >= 4 is 17.5 Å². The Bertz CT molecular complexity index is 504. The Balaban J connectivity index is 1.87. The maximum Gasteiger partial charge on any atom is 0.261 e. The molecule has 0 saturated carbocycles. The summed E-state index contributed by atoms with van der Waals surface area (Å²) >= 11 is 5.99. The topological polar surface area (TPSA) is 58.6 Å². The van der Waals surface area contributed by atoms with Crippen LogP contribution in [0.5, 0.6) is 5.75 Å². The van der Waals surface area contributed by atoms with E-state index in [4.69, 9.17) is 21.4 Å². The van der Waals surface area contributed by atoms with E-state index >= 15 is 0 Å². The molecule has 0 aromatic heterocycles. The minimum Gasteiger partial charge on any atom is -0.479 e. The number of amides is 1. The Labute approximate surface area is 123 Å². The standard InChI is InChI=1S/C15H18ClNO3/c1-10(20-14-5-3-2-4-13(14)16)15(19)17-12-7-6-11(8-12)9-18/h2-7,10-12,18H,8-9H2,1H3,(H,17,19)/t10?,11-,12+/m0/s1. The van der Waals surface area contributed by atoms with Crippen molar-refractivity contribution in [1.82, 2.24) is 5.32 Å². The van der Waals surface area contributed by atoms with Gasteiger partial charge in [0, 0.05) is 18.6 Å². The van der Waals surface area contributed by atoms with Crippen molar-refractivity contribution in [3.8, 4) is 5.75 Å². The average molecular weight is 296 g/mol. The highest BCUT2D eigenvalue weighted by atomic mass is 35.5. The summed E-state index contributed by atoms with van der Waals surface area (Å²) in [6.45, 7) is 1.79. The number of hydrogen-bond donors (Lipinski definition) is 2. The SMILES string of the molecule is CC(Oc1ccccc1Cl)C(=O)N[C@@H]1C=C[C@H](CO)C1. The molecule has 1 amide bonds. The summed E-state index contributed by atoms with van der Waals surface area (Å²) in [4.78, 5) is 12.0. The fourth-order valence-electron chi connectivity index (χ4n) is 2.10. The Morgan fingerprint density at radius 1 is 1.50 bits per heavy atom. The molecule has 5 heteroatoms. The predicted octanol–water partition coefficient (Wildman–Crippen LogP) is 2.16. The number of rotatable bonds is 5. The summed E-state index contributed by atoms with van der Waals surface area (Å²) in [5, 5.41) is 12.4. The lowest BCUT2D eigenvalue weighted by Crippen LogP contribution is -2.41. The van der Waals surface area contributed by atoms with Gasteiger partial charge in [-0.15, -0.1) is 0 Å². The molecule has 4 nitrogen and oxygen atoms in total. The number of hydrogen-bond acceptors (Lipinski definition) is 3. The number of carbonyl (C=O) groups excluding carboxylic acids is 1. The van der Waals surface area contributed by atoms with Gasteiger partial charge in [0.25, 0.3) is 5.91 Å². The van der Waals surface area contributed by atoms with Crippen molar-refractivity contribution < 1.29 is 14.6 Å². The summed E-state index contributed by atoms with van der Waals surface area (Å²) in [6.07, 6.45) is 3.92. The van der Waals surface area contributed by atoms with Gasteiger partial charge in [0.15, 0.2) is 6.10 Å². The van der Waals surface area contributed by atoms with E-state index in [2.05, 4.69) is 5.32 Å². The third-order valence-electron chi connectivity index (χ3n) is 3.24. The zero-order valence-corrected chi connectivity index (χ0v) is 12.0. The first kappa shape index (κ1) is 14.9. The number of aliphatic hydroxyl groups excluding tert-OH is 1. The molecule has 1 aromatic rings. The molecule has 20 heavy (non-hydrogen) atoms. The monoisotopic (exact) mass is 295 g/mol. The number of carbonyl (C=O) groups is 1. The van der Waals surface area contributed by atoms with Crippen LogP contribution in [0.25, 0.3) is 0 Å². The van der Waals surface area contributed by atoms with Crippen LogP contribution in [0, 0.1) is 5.92 Å². The second kappa shape index (κ2) is 6.77. The third-order valence-corrected chi connectivity index (χ3v) is 3.56. The zero-order chi connectivity index (χ0) is 14.5. The fourth-order valence-corrected chi connectivity index (χ4v) is 2.28. The van der Waals surface area contributed by atoms with E-state index in [1.54, 1.807) is 31.2 Å². The summed E-state index contributed by atoms with van der Waals surface area (Å²) in [7, 11) is 0. The summed E-state index contributed by atoms with van der Waals surface area (Å²) in [6, 6.07) is 7.00. The molecule has 108 valence electrons. The zero-order valence-electron chi connectivity index (χ0n) is 11.3. The van der Waals surface area contributed by atoms with Crippen molar-refractivity contribution in [2.75, 3.05) is 6.61 Å². The second-order valence-electron chi connectivity index (χ2n) is 4.87. The van der Waals surface area contributed by atoms with E-state index in [1.807, 2.05) is 12.2 Å². The van der Waals surface area contributed by atoms with Gasteiger partial charge < -0.3 is 15.2 Å². The second-order valence-corrected chi connectivity index (χ2v) is 5.28. The molecule has 2 N–H and O–H groups in total. The maximum atomic E-state index is 12.0. The number of halogens is 1. The molecular formula is C15H18ClNO3. The quantitative estimate of drug-likeness (QED) is 0.819. The van der Waals surface area contributed by atoms with Crippen LogP contribution in [0.2, 0.25) is 5.02 Å². The van der Waals surface area contributed by atoms with Crippen LogP contribution >= 0.6 is 11.6 Å². The lowest BCUT2D eigenvalue weighted by atomic mass is 10.1. The molecule has 0 saturated heterocycles. The largest absolute Gasteiger partial charge is 0.479 e. The first-order valence-electron chi connectivity index (χ1n) is 6.61. The van der Waals surface area contributed by atoms with Gasteiger partial charge in [-0.2, -0.15) is 0 Å². The summed E-state index contributed by atoms with van der Waals surface area (Å²) in [5.74, 6) is 0.422. The highest BCUT2D eigenvalue weighted by Gasteiger charge is 2.23. The van der Waals surface area contributed by atoms with Crippen molar-refractivity contribution in [1.29, 1.82) is 0 Å². The van der Waals surface area contributed by atoms with Crippen molar-refractivity contribution in [3.05, 3.63) is 41.4 Å². The number of para-hydroxylation sites is 1. The van der Waals surface area contributed by atoms with Gasteiger partial charge in [-0.25, -0.2) is 0 Å². The normalized spacial score (nSPS) is 22.6. The highest BCUT2D eigenvalue weighted by molar-refractivity contribution is 6.32. The van der Waals surface area contributed by atoms with Crippen molar-refractivity contribution in [2.24, 2.45) is 5.92 Å². The third kappa shape index (κ3) is 3.74. The molecule has 0 bridgehead atoms. The van der Waals surface area contributed by atoms with Crippen LogP contribution in [0.4, 0.5) is 0 Å². The number of nitrogens with one attached hydrogen (secondary N) is 1. The molecule has 1 unspecified atom stereocenters. The Morgan fingerprint density at radius 2 is 2.25 bits per heavy atom. The molecule has 0 heterocycles. The summed E-state index contributed by atoms with van der Waals surface area (Å²) in [5.41, 5.74) is 0. The van der Waals surface area contributed by atoms with Gasteiger partial charge in [0.05, 0.1) is 5.02 Å². The molecule has 0 fully saturated rings. The van der Waals surface area contributed by atoms with Crippen LogP contribution in [-0.2, 0) is 4.79 Å². The van der Waals surface area contributed by atoms with Gasteiger partial charge >= 0.3 is 0 Å². The van der Waals surface area contributed by atoms with E-state index in [-0.39, 0.29) is 24.5 Å². The van der Waals surface area contributed by atoms with Crippen LogP contribution in [-0.4, -0.2) is 29.8 Å². The Hall–Kier alpha value is -1.52. The van der Waals surface area contributed by atoms with E-state index in [0.717, 1.165) is 6.42 Å². The Kier molecular flexibility index (Phi) is 5.04. The van der Waals surface area contributed by atoms with Crippen molar-refractivity contribution in [3.63, 3.8) is 0 Å². The molecule has 0 aliphatic heterocycles. The number of ether oxygens (including phenoxy) is 1. The molecule has 1 aliphatic rings. The van der Waals surface area contributed by atoms with E-state index in [0.29, 0.717) is 10.8 Å². The predicted molar refractivity (Wildman–Crippen MR) is 77.8 cm³/mol. The number of aliphatic hydroxyl groups is 1. The lowest BCUT2D eigenvalue weighted by Gasteiger charge is -2.18. The van der Waals surface area contributed by atoms with Crippen LogP contribution in [0.3, 0.4) is 0 Å². The van der Waals surface area contributed by atoms with Gasteiger partial charge in [-0.1, -0.05) is 35.9 Å². The first-order chi connectivity index (χ1) is 9.60.